The van der Waals surface area contributed by atoms with Gasteiger partial charge in [-0.1, -0.05) is 31.3 Å². The zero-order valence-electron chi connectivity index (χ0n) is 8.95. The van der Waals surface area contributed by atoms with Crippen molar-refractivity contribution in [3.8, 4) is 0 Å². The fourth-order valence-electron chi connectivity index (χ4n) is 1.42. The van der Waals surface area contributed by atoms with Crippen LogP contribution in [0.2, 0.25) is 0 Å². The molecule has 0 aliphatic rings. The zero-order chi connectivity index (χ0) is 10.8. The average Bonchev–Trinajstić information content (AvgIpc) is 2.53. The van der Waals surface area contributed by atoms with Gasteiger partial charge >= 0.3 is 0 Å². The molecule has 0 saturated heterocycles. The maximum atomic E-state index is 5.65. The second-order valence-corrected chi connectivity index (χ2v) is 4.95. The highest BCUT2D eigenvalue weighted by molar-refractivity contribution is 7.22. The number of nitrogens with one attached hydrogen (secondary N) is 1. The van der Waals surface area contributed by atoms with Gasteiger partial charge < -0.3 is 11.1 Å². The highest BCUT2D eigenvalue weighted by Crippen LogP contribution is 2.24. The van der Waals surface area contributed by atoms with Crippen molar-refractivity contribution in [1.82, 2.24) is 10.3 Å². The minimum atomic E-state index is 0.507. The summed E-state index contributed by atoms with van der Waals surface area (Å²) in [6, 6.07) is 6.78. The van der Waals surface area contributed by atoms with Crippen LogP contribution in [0.4, 0.5) is 5.13 Å². The van der Waals surface area contributed by atoms with Crippen LogP contribution in [0.5, 0.6) is 0 Å². The smallest absolute Gasteiger partial charge is 0.181 e. The lowest BCUT2D eigenvalue weighted by Gasteiger charge is -2.07. The maximum absolute atomic E-state index is 5.65. The molecule has 3 N–H and O–H groups in total. The molecule has 0 bridgehead atoms. The molecule has 0 spiro atoms. The van der Waals surface area contributed by atoms with Crippen LogP contribution in [-0.2, 0) is 6.54 Å². The predicted octanol–water partition coefficient (Wildman–Crippen LogP) is 2.38. The molecule has 4 heteroatoms. The van der Waals surface area contributed by atoms with E-state index in [1.807, 2.05) is 6.07 Å². The topological polar surface area (TPSA) is 50.9 Å². The van der Waals surface area contributed by atoms with E-state index in [0.717, 1.165) is 16.8 Å². The van der Waals surface area contributed by atoms with Crippen molar-refractivity contribution < 1.29 is 0 Å². The lowest BCUT2D eigenvalue weighted by Crippen LogP contribution is -2.21. The van der Waals surface area contributed by atoms with Crippen LogP contribution in [-0.4, -0.2) is 11.0 Å². The largest absolute Gasteiger partial charge is 0.375 e. The quantitative estimate of drug-likeness (QED) is 0.836. The molecule has 0 aliphatic heterocycles. The second-order valence-electron chi connectivity index (χ2n) is 3.89. The minimum absolute atomic E-state index is 0.507. The number of nitrogen functional groups attached to an aromatic ring is 1. The molecule has 0 radical (unpaired) electrons. The molecule has 0 amide bonds. The minimum Gasteiger partial charge on any atom is -0.375 e. The molecule has 1 aromatic heterocycles. The summed E-state index contributed by atoms with van der Waals surface area (Å²) in [7, 11) is 0. The molecule has 0 atom stereocenters. The normalized spacial score (nSPS) is 11.4. The Labute approximate surface area is 93.3 Å². The third kappa shape index (κ3) is 2.46. The Morgan fingerprint density at radius 2 is 2.27 bits per heavy atom. The number of benzene rings is 1. The summed E-state index contributed by atoms with van der Waals surface area (Å²) in [5.74, 6) is 0. The molecular formula is C11H15N3S. The summed E-state index contributed by atoms with van der Waals surface area (Å²) in [5, 5.41) is 4.02. The van der Waals surface area contributed by atoms with Crippen molar-refractivity contribution in [2.24, 2.45) is 0 Å². The first-order chi connectivity index (χ1) is 7.15. The molecule has 80 valence electrons. The Morgan fingerprint density at radius 3 is 3.00 bits per heavy atom. The number of hydrogen-bond donors (Lipinski definition) is 2. The molecule has 0 aliphatic carbocycles. The number of aromatic nitrogens is 1. The molecule has 3 nitrogen and oxygen atoms in total. The summed E-state index contributed by atoms with van der Waals surface area (Å²) < 4.78 is 1.16. The van der Waals surface area contributed by atoms with Gasteiger partial charge in [-0.15, -0.1) is 0 Å². The number of rotatable bonds is 3. The highest BCUT2D eigenvalue weighted by atomic mass is 32.1. The second kappa shape index (κ2) is 4.16. The van der Waals surface area contributed by atoms with E-state index in [4.69, 9.17) is 5.73 Å². The van der Waals surface area contributed by atoms with Crippen LogP contribution in [0.15, 0.2) is 18.2 Å². The van der Waals surface area contributed by atoms with E-state index < -0.39 is 0 Å². The van der Waals surface area contributed by atoms with Gasteiger partial charge in [0.2, 0.25) is 0 Å². The average molecular weight is 221 g/mol. The van der Waals surface area contributed by atoms with Gasteiger partial charge in [-0.2, -0.15) is 0 Å². The van der Waals surface area contributed by atoms with E-state index in [-0.39, 0.29) is 0 Å². The molecule has 15 heavy (non-hydrogen) atoms. The molecule has 0 fully saturated rings. The van der Waals surface area contributed by atoms with E-state index in [0.29, 0.717) is 11.2 Å². The first kappa shape index (κ1) is 10.4. The van der Waals surface area contributed by atoms with E-state index in [2.05, 4.69) is 36.3 Å². The lowest BCUT2D eigenvalue weighted by atomic mass is 10.2. The molecular weight excluding hydrogens is 206 g/mol. The van der Waals surface area contributed by atoms with Gasteiger partial charge in [0.1, 0.15) is 0 Å². The SMILES string of the molecule is CC(C)NCc1ccc2nc(N)sc2c1. The van der Waals surface area contributed by atoms with Crippen molar-refractivity contribution in [1.29, 1.82) is 0 Å². The van der Waals surface area contributed by atoms with Gasteiger partial charge in [-0.25, -0.2) is 4.98 Å². The number of thiazole rings is 1. The van der Waals surface area contributed by atoms with Crippen LogP contribution in [0.25, 0.3) is 10.2 Å². The van der Waals surface area contributed by atoms with Crippen molar-refractivity contribution in [2.45, 2.75) is 26.4 Å². The fourth-order valence-corrected chi connectivity index (χ4v) is 2.22. The standard InChI is InChI=1S/C11H15N3S/c1-7(2)13-6-8-3-4-9-10(5-8)15-11(12)14-9/h3-5,7,13H,6H2,1-2H3,(H2,12,14). The Balaban J connectivity index is 2.22. The number of nitrogens with zero attached hydrogens (tertiary/aromatic N) is 1. The number of anilines is 1. The lowest BCUT2D eigenvalue weighted by molar-refractivity contribution is 0.589. The predicted molar refractivity (Wildman–Crippen MR) is 66.0 cm³/mol. The number of nitrogens with two attached hydrogens (primary N) is 1. The molecule has 2 aromatic rings. The third-order valence-electron chi connectivity index (χ3n) is 2.18. The van der Waals surface area contributed by atoms with Gasteiger partial charge in [0, 0.05) is 12.6 Å². The summed E-state index contributed by atoms with van der Waals surface area (Å²) in [4.78, 5) is 4.23. The van der Waals surface area contributed by atoms with Crippen molar-refractivity contribution >= 4 is 26.7 Å². The van der Waals surface area contributed by atoms with Gasteiger partial charge in [0.15, 0.2) is 5.13 Å². The van der Waals surface area contributed by atoms with Gasteiger partial charge in [-0.05, 0) is 17.7 Å². The van der Waals surface area contributed by atoms with E-state index in [9.17, 15) is 0 Å². The molecule has 1 heterocycles. The first-order valence-corrected chi connectivity index (χ1v) is 5.85. The summed E-state index contributed by atoms with van der Waals surface area (Å²) >= 11 is 1.54. The summed E-state index contributed by atoms with van der Waals surface area (Å²) in [6.45, 7) is 5.18. The maximum Gasteiger partial charge on any atom is 0.181 e. The Bertz CT molecular complexity index is 462. The van der Waals surface area contributed by atoms with Crippen LogP contribution >= 0.6 is 11.3 Å². The molecule has 0 saturated carbocycles. The van der Waals surface area contributed by atoms with E-state index in [1.165, 1.54) is 16.9 Å². The molecule has 1 aromatic carbocycles. The molecule has 2 rings (SSSR count). The van der Waals surface area contributed by atoms with Gasteiger partial charge in [-0.3, -0.25) is 0 Å². The molecule has 0 unspecified atom stereocenters. The third-order valence-corrected chi connectivity index (χ3v) is 3.03. The first-order valence-electron chi connectivity index (χ1n) is 5.03. The van der Waals surface area contributed by atoms with Crippen LogP contribution < -0.4 is 11.1 Å². The number of hydrogen-bond acceptors (Lipinski definition) is 4. The Kier molecular flexibility index (Phi) is 2.88. The Hall–Kier alpha value is -1.13. The van der Waals surface area contributed by atoms with Gasteiger partial charge in [0.25, 0.3) is 0 Å². The van der Waals surface area contributed by atoms with Crippen LogP contribution in [0, 0.1) is 0 Å². The van der Waals surface area contributed by atoms with Crippen LogP contribution in [0.1, 0.15) is 19.4 Å². The van der Waals surface area contributed by atoms with Gasteiger partial charge in [0.05, 0.1) is 10.2 Å². The number of fused-ring (bicyclic) bond motifs is 1. The van der Waals surface area contributed by atoms with Crippen LogP contribution in [0.3, 0.4) is 0 Å². The van der Waals surface area contributed by atoms with Crippen molar-refractivity contribution in [3.05, 3.63) is 23.8 Å². The fraction of sp³-hybridized carbons (Fsp3) is 0.364. The van der Waals surface area contributed by atoms with Crippen molar-refractivity contribution in [3.63, 3.8) is 0 Å². The monoisotopic (exact) mass is 221 g/mol. The summed E-state index contributed by atoms with van der Waals surface area (Å²) in [5.41, 5.74) is 7.92. The van der Waals surface area contributed by atoms with Crippen molar-refractivity contribution in [2.75, 3.05) is 5.73 Å². The highest BCUT2D eigenvalue weighted by Gasteiger charge is 2.02. The Morgan fingerprint density at radius 1 is 1.47 bits per heavy atom. The summed E-state index contributed by atoms with van der Waals surface area (Å²) in [6.07, 6.45) is 0. The zero-order valence-corrected chi connectivity index (χ0v) is 9.77. The van der Waals surface area contributed by atoms with E-state index >= 15 is 0 Å². The van der Waals surface area contributed by atoms with E-state index in [1.54, 1.807) is 0 Å².